The highest BCUT2D eigenvalue weighted by atomic mass is 16.1. The van der Waals surface area contributed by atoms with E-state index in [0.29, 0.717) is 13.0 Å². The van der Waals surface area contributed by atoms with Crippen LogP contribution in [-0.2, 0) is 11.2 Å². The minimum absolute atomic E-state index is 0.0883. The van der Waals surface area contributed by atoms with E-state index < -0.39 is 0 Å². The molecule has 0 spiro atoms. The molecule has 1 heterocycles. The molecule has 0 aromatic heterocycles. The molecule has 1 N–H and O–H groups in total. The van der Waals surface area contributed by atoms with Crippen LogP contribution < -0.4 is 10.2 Å². The lowest BCUT2D eigenvalue weighted by atomic mass is 10.0. The number of nitrogens with one attached hydrogen (secondary N) is 1. The van der Waals surface area contributed by atoms with Gasteiger partial charge in [-0.3, -0.25) is 9.69 Å². The van der Waals surface area contributed by atoms with E-state index in [1.165, 1.54) is 16.8 Å². The molecule has 1 saturated heterocycles. The Balaban J connectivity index is 1.17. The van der Waals surface area contributed by atoms with Gasteiger partial charge in [-0.25, -0.2) is 0 Å². The Bertz CT molecular complexity index is 918. The first-order chi connectivity index (χ1) is 14.8. The van der Waals surface area contributed by atoms with Gasteiger partial charge in [0, 0.05) is 45.0 Å². The normalized spacial score (nSPS) is 14.5. The van der Waals surface area contributed by atoms with Gasteiger partial charge < -0.3 is 10.2 Å². The van der Waals surface area contributed by atoms with Crippen LogP contribution in [0.2, 0.25) is 0 Å². The predicted octanol–water partition coefficient (Wildman–Crippen LogP) is 3.83. The van der Waals surface area contributed by atoms with Gasteiger partial charge in [-0.2, -0.15) is 0 Å². The standard InChI is InChI=1S/C26H29N3O/c30-26(21-22-11-13-24(14-12-22)23-7-3-1-4-8-23)27-15-16-28-17-19-29(20-18-28)25-9-5-2-6-10-25/h1-14H,15-21H2,(H,27,30). The van der Waals surface area contributed by atoms with Crippen LogP contribution in [-0.4, -0.2) is 50.1 Å². The number of hydrogen-bond acceptors (Lipinski definition) is 3. The molecular formula is C26H29N3O. The molecule has 4 heteroatoms. The van der Waals surface area contributed by atoms with Crippen molar-refractivity contribution >= 4 is 11.6 Å². The number of piperazine rings is 1. The molecule has 0 radical (unpaired) electrons. The smallest absolute Gasteiger partial charge is 0.224 e. The van der Waals surface area contributed by atoms with Crippen LogP contribution in [0.5, 0.6) is 0 Å². The molecule has 0 unspecified atom stereocenters. The Labute approximate surface area is 179 Å². The first-order valence-electron chi connectivity index (χ1n) is 10.7. The summed E-state index contributed by atoms with van der Waals surface area (Å²) in [6, 6.07) is 29.1. The quantitative estimate of drug-likeness (QED) is 0.656. The number of carbonyl (C=O) groups is 1. The van der Waals surface area contributed by atoms with E-state index in [9.17, 15) is 4.79 Å². The molecular weight excluding hydrogens is 370 g/mol. The minimum atomic E-state index is 0.0883. The number of amides is 1. The first-order valence-corrected chi connectivity index (χ1v) is 10.7. The molecule has 1 aliphatic rings. The van der Waals surface area contributed by atoms with E-state index in [2.05, 4.69) is 69.7 Å². The summed E-state index contributed by atoms with van der Waals surface area (Å²) in [5, 5.41) is 3.07. The fraction of sp³-hybridized carbons (Fsp3) is 0.269. The Hall–Kier alpha value is -3.11. The maximum Gasteiger partial charge on any atom is 0.224 e. The summed E-state index contributed by atoms with van der Waals surface area (Å²) in [6.45, 7) is 5.74. The van der Waals surface area contributed by atoms with Crippen molar-refractivity contribution in [2.45, 2.75) is 6.42 Å². The van der Waals surface area contributed by atoms with Crippen molar-refractivity contribution in [3.05, 3.63) is 90.5 Å². The molecule has 1 fully saturated rings. The minimum Gasteiger partial charge on any atom is -0.369 e. The zero-order valence-corrected chi connectivity index (χ0v) is 17.3. The van der Waals surface area contributed by atoms with Gasteiger partial charge in [0.05, 0.1) is 6.42 Å². The second-order valence-electron chi connectivity index (χ2n) is 7.75. The second-order valence-corrected chi connectivity index (χ2v) is 7.75. The number of nitrogens with zero attached hydrogens (tertiary/aromatic N) is 2. The highest BCUT2D eigenvalue weighted by molar-refractivity contribution is 5.78. The molecule has 0 atom stereocenters. The highest BCUT2D eigenvalue weighted by Crippen LogP contribution is 2.19. The lowest BCUT2D eigenvalue weighted by molar-refractivity contribution is -0.120. The van der Waals surface area contributed by atoms with Gasteiger partial charge in [-0.15, -0.1) is 0 Å². The van der Waals surface area contributed by atoms with Crippen molar-refractivity contribution < 1.29 is 4.79 Å². The van der Waals surface area contributed by atoms with Crippen molar-refractivity contribution in [1.29, 1.82) is 0 Å². The van der Waals surface area contributed by atoms with Gasteiger partial charge in [0.1, 0.15) is 0 Å². The van der Waals surface area contributed by atoms with Crippen LogP contribution in [0.1, 0.15) is 5.56 Å². The topological polar surface area (TPSA) is 35.6 Å². The zero-order valence-electron chi connectivity index (χ0n) is 17.3. The van der Waals surface area contributed by atoms with E-state index in [-0.39, 0.29) is 5.91 Å². The summed E-state index contributed by atoms with van der Waals surface area (Å²) >= 11 is 0. The van der Waals surface area contributed by atoms with E-state index in [1.54, 1.807) is 0 Å². The summed E-state index contributed by atoms with van der Waals surface area (Å²) in [6.07, 6.45) is 0.427. The molecule has 154 valence electrons. The van der Waals surface area contributed by atoms with Crippen LogP contribution in [0.4, 0.5) is 5.69 Å². The lowest BCUT2D eigenvalue weighted by Crippen LogP contribution is -2.48. The number of anilines is 1. The molecule has 3 aromatic carbocycles. The summed E-state index contributed by atoms with van der Waals surface area (Å²) in [5.74, 6) is 0.0883. The Kier molecular flexibility index (Phi) is 6.78. The molecule has 1 amide bonds. The maximum atomic E-state index is 12.3. The fourth-order valence-corrected chi connectivity index (χ4v) is 3.92. The molecule has 30 heavy (non-hydrogen) atoms. The Morgan fingerprint density at radius 2 is 1.33 bits per heavy atom. The van der Waals surface area contributed by atoms with Gasteiger partial charge in [-0.05, 0) is 28.8 Å². The summed E-state index contributed by atoms with van der Waals surface area (Å²) in [4.78, 5) is 17.2. The third-order valence-corrected chi connectivity index (χ3v) is 5.67. The van der Waals surface area contributed by atoms with Crippen molar-refractivity contribution in [1.82, 2.24) is 10.2 Å². The third kappa shape index (κ3) is 5.49. The molecule has 1 aliphatic heterocycles. The van der Waals surface area contributed by atoms with Crippen LogP contribution in [0.25, 0.3) is 11.1 Å². The fourth-order valence-electron chi connectivity index (χ4n) is 3.92. The number of carbonyl (C=O) groups excluding carboxylic acids is 1. The molecule has 0 aliphatic carbocycles. The largest absolute Gasteiger partial charge is 0.369 e. The molecule has 0 saturated carbocycles. The zero-order chi connectivity index (χ0) is 20.6. The van der Waals surface area contributed by atoms with Crippen LogP contribution in [0.3, 0.4) is 0 Å². The number of para-hydroxylation sites is 1. The van der Waals surface area contributed by atoms with Gasteiger partial charge in [-0.1, -0.05) is 72.8 Å². The van der Waals surface area contributed by atoms with Gasteiger partial charge in [0.2, 0.25) is 5.91 Å². The van der Waals surface area contributed by atoms with Crippen molar-refractivity contribution in [3.63, 3.8) is 0 Å². The summed E-state index contributed by atoms with van der Waals surface area (Å²) in [5.41, 5.74) is 4.71. The molecule has 4 rings (SSSR count). The first kappa shape index (κ1) is 20.2. The Morgan fingerprint density at radius 3 is 2.00 bits per heavy atom. The van der Waals surface area contributed by atoms with Crippen molar-refractivity contribution in [2.75, 3.05) is 44.2 Å². The Morgan fingerprint density at radius 1 is 0.733 bits per heavy atom. The molecule has 3 aromatic rings. The number of hydrogen-bond donors (Lipinski definition) is 1. The second kappa shape index (κ2) is 10.1. The average molecular weight is 400 g/mol. The van der Waals surface area contributed by atoms with E-state index in [1.807, 2.05) is 30.3 Å². The van der Waals surface area contributed by atoms with E-state index >= 15 is 0 Å². The number of rotatable bonds is 7. The molecule has 0 bridgehead atoms. The van der Waals surface area contributed by atoms with Crippen molar-refractivity contribution in [2.24, 2.45) is 0 Å². The van der Waals surface area contributed by atoms with Gasteiger partial charge in [0.15, 0.2) is 0 Å². The van der Waals surface area contributed by atoms with E-state index in [0.717, 1.165) is 38.3 Å². The van der Waals surface area contributed by atoms with Crippen molar-refractivity contribution in [3.8, 4) is 11.1 Å². The summed E-state index contributed by atoms with van der Waals surface area (Å²) < 4.78 is 0. The SMILES string of the molecule is O=C(Cc1ccc(-c2ccccc2)cc1)NCCN1CCN(c2ccccc2)CC1. The maximum absolute atomic E-state index is 12.3. The summed E-state index contributed by atoms with van der Waals surface area (Å²) in [7, 11) is 0. The molecule has 4 nitrogen and oxygen atoms in total. The lowest BCUT2D eigenvalue weighted by Gasteiger charge is -2.36. The highest BCUT2D eigenvalue weighted by Gasteiger charge is 2.16. The van der Waals surface area contributed by atoms with Crippen LogP contribution >= 0.6 is 0 Å². The predicted molar refractivity (Wildman–Crippen MR) is 124 cm³/mol. The van der Waals surface area contributed by atoms with Crippen LogP contribution in [0.15, 0.2) is 84.9 Å². The van der Waals surface area contributed by atoms with Gasteiger partial charge in [0.25, 0.3) is 0 Å². The van der Waals surface area contributed by atoms with Crippen LogP contribution in [0, 0.1) is 0 Å². The monoisotopic (exact) mass is 399 g/mol. The van der Waals surface area contributed by atoms with E-state index in [4.69, 9.17) is 0 Å². The number of benzene rings is 3. The average Bonchev–Trinajstić information content (AvgIpc) is 2.81. The third-order valence-electron chi connectivity index (χ3n) is 5.67. The van der Waals surface area contributed by atoms with Gasteiger partial charge >= 0.3 is 0 Å².